The number of nitrogens with zero attached hydrogens (tertiary/aromatic N) is 5. The van der Waals surface area contributed by atoms with Crippen LogP contribution >= 0.6 is 15.9 Å². The maximum absolute atomic E-state index is 11.7. The molecule has 0 aliphatic carbocycles. The van der Waals surface area contributed by atoms with E-state index in [1.165, 1.54) is 6.08 Å². The number of carbonyl (C=O) groups is 1. The highest BCUT2D eigenvalue weighted by Gasteiger charge is 2.11. The van der Waals surface area contributed by atoms with Crippen LogP contribution in [-0.4, -0.2) is 22.0 Å². The molecule has 0 unspecified atom stereocenters. The number of rotatable bonds is 4. The first-order chi connectivity index (χ1) is 9.67. The summed E-state index contributed by atoms with van der Waals surface area (Å²) in [6, 6.07) is 3.56. The van der Waals surface area contributed by atoms with Crippen LogP contribution in [-0.2, 0) is 9.53 Å². The van der Waals surface area contributed by atoms with Crippen LogP contribution < -0.4 is 0 Å². The van der Waals surface area contributed by atoms with Crippen LogP contribution in [0.4, 0.5) is 0 Å². The molecule has 0 atom stereocenters. The van der Waals surface area contributed by atoms with Crippen LogP contribution in [0, 0.1) is 0 Å². The number of pyridine rings is 1. The fourth-order valence-corrected chi connectivity index (χ4v) is 2.03. The molecule has 0 amide bonds. The SMILES string of the molecule is CCOC(=O)/C(=C/c1cccn2c(Br)cnc12)N=[N+]=[N-]. The summed E-state index contributed by atoms with van der Waals surface area (Å²) in [5.74, 6) is -0.669. The number of aromatic nitrogens is 2. The second-order valence-electron chi connectivity index (χ2n) is 3.68. The Morgan fingerprint density at radius 1 is 1.70 bits per heavy atom. The monoisotopic (exact) mass is 335 g/mol. The van der Waals surface area contributed by atoms with Gasteiger partial charge in [-0.3, -0.25) is 4.40 Å². The number of carbonyl (C=O) groups excluding carboxylic acids is 1. The summed E-state index contributed by atoms with van der Waals surface area (Å²) in [4.78, 5) is 18.5. The first-order valence-electron chi connectivity index (χ1n) is 5.73. The van der Waals surface area contributed by atoms with Crippen molar-refractivity contribution in [2.24, 2.45) is 5.11 Å². The second kappa shape index (κ2) is 6.23. The minimum atomic E-state index is -0.669. The van der Waals surface area contributed by atoms with Crippen molar-refractivity contribution >= 4 is 33.6 Å². The number of azide groups is 1. The molecule has 0 bridgehead atoms. The molecule has 0 radical (unpaired) electrons. The van der Waals surface area contributed by atoms with Crippen LogP contribution in [0.3, 0.4) is 0 Å². The first kappa shape index (κ1) is 14.1. The van der Waals surface area contributed by atoms with E-state index in [0.29, 0.717) is 11.2 Å². The lowest BCUT2D eigenvalue weighted by Crippen LogP contribution is -2.05. The fraction of sp³-hybridized carbons (Fsp3) is 0.167. The van der Waals surface area contributed by atoms with Gasteiger partial charge >= 0.3 is 5.97 Å². The number of halogens is 1. The molecule has 0 aromatic carbocycles. The van der Waals surface area contributed by atoms with Gasteiger partial charge in [0.1, 0.15) is 15.9 Å². The van der Waals surface area contributed by atoms with Gasteiger partial charge in [-0.15, -0.1) is 0 Å². The van der Waals surface area contributed by atoms with Gasteiger partial charge in [0.2, 0.25) is 0 Å². The summed E-state index contributed by atoms with van der Waals surface area (Å²) in [7, 11) is 0. The molecule has 2 aromatic rings. The van der Waals surface area contributed by atoms with Gasteiger partial charge in [0.05, 0.1) is 12.8 Å². The lowest BCUT2D eigenvalue weighted by molar-refractivity contribution is -0.138. The molecule has 102 valence electrons. The van der Waals surface area contributed by atoms with Crippen molar-refractivity contribution in [1.82, 2.24) is 9.38 Å². The van der Waals surface area contributed by atoms with E-state index in [4.69, 9.17) is 10.3 Å². The Bertz CT molecular complexity index is 731. The fourth-order valence-electron chi connectivity index (χ4n) is 1.64. The molecule has 2 aromatic heterocycles. The Labute approximate surface area is 122 Å². The van der Waals surface area contributed by atoms with E-state index in [0.717, 1.165) is 4.60 Å². The molecule has 2 rings (SSSR count). The van der Waals surface area contributed by atoms with Gasteiger partial charge in [-0.2, -0.15) is 0 Å². The zero-order valence-corrected chi connectivity index (χ0v) is 12.1. The maximum Gasteiger partial charge on any atom is 0.340 e. The molecule has 7 nitrogen and oxygen atoms in total. The zero-order chi connectivity index (χ0) is 14.5. The van der Waals surface area contributed by atoms with Gasteiger partial charge in [-0.1, -0.05) is 5.11 Å². The summed E-state index contributed by atoms with van der Waals surface area (Å²) < 4.78 is 7.42. The smallest absolute Gasteiger partial charge is 0.340 e. The summed E-state index contributed by atoms with van der Waals surface area (Å²) in [5.41, 5.74) is 9.70. The normalized spacial score (nSPS) is 11.2. The molecule has 0 saturated carbocycles. The summed E-state index contributed by atoms with van der Waals surface area (Å²) in [6.45, 7) is 1.88. The number of fused-ring (bicyclic) bond motifs is 1. The van der Waals surface area contributed by atoms with E-state index >= 15 is 0 Å². The van der Waals surface area contributed by atoms with Gasteiger partial charge in [0.15, 0.2) is 0 Å². The van der Waals surface area contributed by atoms with Gasteiger partial charge < -0.3 is 4.74 Å². The molecular weight excluding hydrogens is 326 g/mol. The molecule has 20 heavy (non-hydrogen) atoms. The van der Waals surface area contributed by atoms with Crippen LogP contribution in [0.25, 0.3) is 22.2 Å². The van der Waals surface area contributed by atoms with Crippen molar-refractivity contribution in [3.05, 3.63) is 50.8 Å². The van der Waals surface area contributed by atoms with Crippen molar-refractivity contribution in [3.8, 4) is 0 Å². The Morgan fingerprint density at radius 2 is 2.50 bits per heavy atom. The lowest BCUT2D eigenvalue weighted by atomic mass is 10.2. The average molecular weight is 336 g/mol. The quantitative estimate of drug-likeness (QED) is 0.282. The molecule has 0 saturated heterocycles. The highest BCUT2D eigenvalue weighted by Crippen LogP contribution is 2.19. The van der Waals surface area contributed by atoms with Crippen LogP contribution in [0.5, 0.6) is 0 Å². The Balaban J connectivity index is 2.53. The number of hydrogen-bond acceptors (Lipinski definition) is 4. The maximum atomic E-state index is 11.7. The summed E-state index contributed by atoms with van der Waals surface area (Å²) in [5, 5.41) is 3.37. The van der Waals surface area contributed by atoms with E-state index < -0.39 is 5.97 Å². The van der Waals surface area contributed by atoms with E-state index in [2.05, 4.69) is 30.9 Å². The number of esters is 1. The largest absolute Gasteiger partial charge is 0.462 e. The van der Waals surface area contributed by atoms with Crippen LogP contribution in [0.2, 0.25) is 0 Å². The van der Waals surface area contributed by atoms with E-state index in [1.54, 1.807) is 29.7 Å². The third-order valence-electron chi connectivity index (χ3n) is 2.45. The van der Waals surface area contributed by atoms with Gasteiger partial charge in [0.25, 0.3) is 0 Å². The minimum Gasteiger partial charge on any atom is -0.462 e. The first-order valence-corrected chi connectivity index (χ1v) is 6.52. The van der Waals surface area contributed by atoms with E-state index in [-0.39, 0.29) is 12.3 Å². The van der Waals surface area contributed by atoms with Crippen molar-refractivity contribution < 1.29 is 9.53 Å². The van der Waals surface area contributed by atoms with Gasteiger partial charge in [-0.05, 0) is 46.6 Å². The van der Waals surface area contributed by atoms with E-state index in [1.807, 2.05) is 6.20 Å². The zero-order valence-electron chi connectivity index (χ0n) is 10.5. The topological polar surface area (TPSA) is 92.4 Å². The number of ether oxygens (including phenoxy) is 1. The van der Waals surface area contributed by atoms with Gasteiger partial charge in [-0.25, -0.2) is 9.78 Å². The predicted molar refractivity (Wildman–Crippen MR) is 76.6 cm³/mol. The average Bonchev–Trinajstić information content (AvgIpc) is 2.81. The molecule has 2 heterocycles. The highest BCUT2D eigenvalue weighted by molar-refractivity contribution is 9.10. The lowest BCUT2D eigenvalue weighted by Gasteiger charge is -2.03. The highest BCUT2D eigenvalue weighted by atomic mass is 79.9. The molecule has 8 heteroatoms. The van der Waals surface area contributed by atoms with Crippen molar-refractivity contribution in [2.75, 3.05) is 6.61 Å². The van der Waals surface area contributed by atoms with Crippen molar-refractivity contribution in [2.45, 2.75) is 6.92 Å². The Morgan fingerprint density at radius 3 is 3.20 bits per heavy atom. The predicted octanol–water partition coefficient (Wildman–Crippen LogP) is 3.31. The molecular formula is C12H10BrN5O2. The second-order valence-corrected chi connectivity index (χ2v) is 4.49. The standard InChI is InChI=1S/C12H10BrN5O2/c1-2-20-12(19)9(16-17-14)6-8-4-3-5-18-10(13)7-15-11(8)18/h3-7H,2H2,1H3/b9-6-. The number of hydrogen-bond donors (Lipinski definition) is 0. The third-order valence-corrected chi connectivity index (χ3v) is 3.04. The minimum absolute atomic E-state index is 0.110. The summed E-state index contributed by atoms with van der Waals surface area (Å²) in [6.07, 6.45) is 4.91. The van der Waals surface area contributed by atoms with Gasteiger partial charge in [0, 0.05) is 16.7 Å². The van der Waals surface area contributed by atoms with Crippen LogP contribution in [0.1, 0.15) is 12.5 Å². The molecule has 0 fully saturated rings. The van der Waals surface area contributed by atoms with Crippen molar-refractivity contribution in [1.29, 1.82) is 0 Å². The molecule has 0 N–H and O–H groups in total. The van der Waals surface area contributed by atoms with E-state index in [9.17, 15) is 4.79 Å². The molecule has 0 aliphatic rings. The Hall–Kier alpha value is -2.31. The number of imidazole rings is 1. The molecule has 0 spiro atoms. The van der Waals surface area contributed by atoms with Crippen molar-refractivity contribution in [3.63, 3.8) is 0 Å². The third kappa shape index (κ3) is 2.81. The Kier molecular flexibility index (Phi) is 4.39. The summed E-state index contributed by atoms with van der Waals surface area (Å²) >= 11 is 3.36. The molecule has 0 aliphatic heterocycles. The van der Waals surface area contributed by atoms with Crippen LogP contribution in [0.15, 0.2) is 39.9 Å².